The molecule has 0 amide bonds. The summed E-state index contributed by atoms with van der Waals surface area (Å²) in [4.78, 5) is 35.1. The number of aliphatic hydroxyl groups excluding tert-OH is 2. The monoisotopic (exact) mass is 899 g/mol. The van der Waals surface area contributed by atoms with Crippen molar-refractivity contribution in [3.8, 4) is 0 Å². The molecule has 1 aliphatic heterocycles. The first-order chi connectivity index (χ1) is 30.1. The number of epoxide rings is 1. The van der Waals surface area contributed by atoms with E-state index in [9.17, 15) is 24.2 Å². The molecule has 0 saturated carbocycles. The van der Waals surface area contributed by atoms with Gasteiger partial charge in [0.15, 0.2) is 6.10 Å². The first kappa shape index (κ1) is 58.2. The van der Waals surface area contributed by atoms with E-state index < -0.39 is 51.8 Å². The minimum Gasteiger partial charge on any atom is -0.462 e. The van der Waals surface area contributed by atoms with E-state index in [1.165, 1.54) is 122 Å². The Bertz CT molecular complexity index is 1210. The smallest absolute Gasteiger partial charge is 0.462 e. The van der Waals surface area contributed by atoms with Gasteiger partial charge in [-0.25, -0.2) is 4.57 Å². The van der Waals surface area contributed by atoms with Crippen LogP contribution in [0.15, 0.2) is 36.5 Å². The van der Waals surface area contributed by atoms with Crippen molar-refractivity contribution in [2.75, 3.05) is 26.4 Å². The molecule has 0 aromatic rings. The fourth-order valence-corrected chi connectivity index (χ4v) is 8.00. The van der Waals surface area contributed by atoms with Crippen molar-refractivity contribution in [1.82, 2.24) is 0 Å². The lowest BCUT2D eigenvalue weighted by Gasteiger charge is -2.20. The maximum atomic E-state index is 12.7. The van der Waals surface area contributed by atoms with E-state index in [4.69, 9.17) is 28.4 Å². The summed E-state index contributed by atoms with van der Waals surface area (Å²) >= 11 is 0. The van der Waals surface area contributed by atoms with Gasteiger partial charge >= 0.3 is 19.8 Å². The van der Waals surface area contributed by atoms with Crippen LogP contribution in [0.5, 0.6) is 0 Å². The zero-order valence-electron chi connectivity index (χ0n) is 39.4. The normalized spacial score (nSPS) is 17.3. The van der Waals surface area contributed by atoms with Crippen LogP contribution in [0, 0.1) is 5.92 Å². The number of hydrogen-bond donors (Lipinski definition) is 3. The van der Waals surface area contributed by atoms with E-state index in [-0.39, 0.29) is 19.4 Å². The summed E-state index contributed by atoms with van der Waals surface area (Å²) in [5.41, 5.74) is 0. The first-order valence-corrected chi connectivity index (χ1v) is 26.4. The van der Waals surface area contributed by atoms with Crippen LogP contribution in [0.4, 0.5) is 0 Å². The molecule has 1 fully saturated rings. The summed E-state index contributed by atoms with van der Waals surface area (Å²) in [7, 11) is -4.64. The summed E-state index contributed by atoms with van der Waals surface area (Å²) in [6, 6.07) is 0. The number of aliphatic hydroxyl groups is 2. The molecular weight excluding hydrogens is 808 g/mol. The molecule has 1 rings (SSSR count). The van der Waals surface area contributed by atoms with E-state index in [1.807, 2.05) is 6.08 Å². The van der Waals surface area contributed by atoms with Gasteiger partial charge in [-0.2, -0.15) is 0 Å². The van der Waals surface area contributed by atoms with Crippen LogP contribution < -0.4 is 0 Å². The highest BCUT2D eigenvalue weighted by atomic mass is 31.2. The molecule has 0 aromatic carbocycles. The number of carbonyl (C=O) groups excluding carboxylic acids is 2. The largest absolute Gasteiger partial charge is 0.472 e. The van der Waals surface area contributed by atoms with Crippen molar-refractivity contribution in [2.45, 2.75) is 238 Å². The second kappa shape index (κ2) is 40.6. The van der Waals surface area contributed by atoms with Gasteiger partial charge in [0.2, 0.25) is 0 Å². The number of unbranched alkanes of at least 4 members (excludes halogenated alkanes) is 20. The molecule has 0 radical (unpaired) electrons. The van der Waals surface area contributed by atoms with Gasteiger partial charge in [-0.1, -0.05) is 192 Å². The Hall–Kier alpha value is -1.85. The molecule has 11 nitrogen and oxygen atoms in total. The molecule has 12 heteroatoms. The van der Waals surface area contributed by atoms with Crippen LogP contribution >= 0.6 is 7.82 Å². The highest BCUT2D eigenvalue weighted by Crippen LogP contribution is 2.43. The lowest BCUT2D eigenvalue weighted by molar-refractivity contribution is -0.161. The van der Waals surface area contributed by atoms with Gasteiger partial charge in [-0.05, 0) is 50.9 Å². The van der Waals surface area contributed by atoms with Gasteiger partial charge in [0, 0.05) is 12.8 Å². The zero-order chi connectivity index (χ0) is 45.4. The summed E-state index contributed by atoms with van der Waals surface area (Å²) < 4.78 is 38.5. The second-order valence-electron chi connectivity index (χ2n) is 17.7. The third kappa shape index (κ3) is 38.6. The maximum Gasteiger partial charge on any atom is 0.472 e. The van der Waals surface area contributed by atoms with E-state index in [0.717, 1.165) is 44.4 Å². The van der Waals surface area contributed by atoms with Gasteiger partial charge in [-0.3, -0.25) is 18.6 Å². The second-order valence-corrected chi connectivity index (χ2v) is 19.2. The van der Waals surface area contributed by atoms with E-state index >= 15 is 0 Å². The van der Waals surface area contributed by atoms with Crippen LogP contribution in [-0.2, 0) is 37.4 Å². The molecule has 362 valence electrons. The SMILES string of the molecule is CCCCCC1OC1C/C=C\C/C=C\C/C=C\CCCC(=O)OC[C@H](COP(=O)(O)OC[C@@H](O)CO)OC(=O)CCCCCCCCCCCCCCCCCCCCC(C)C. The summed E-state index contributed by atoms with van der Waals surface area (Å²) in [6.07, 6.45) is 44.4. The topological polar surface area (TPSA) is 161 Å². The van der Waals surface area contributed by atoms with Gasteiger partial charge < -0.3 is 29.3 Å². The first-order valence-electron chi connectivity index (χ1n) is 24.9. The van der Waals surface area contributed by atoms with E-state index in [2.05, 4.69) is 51.2 Å². The van der Waals surface area contributed by atoms with Gasteiger partial charge in [0.05, 0.1) is 32.0 Å². The number of esters is 2. The molecule has 62 heavy (non-hydrogen) atoms. The number of carbonyl (C=O) groups is 2. The number of phosphoric ester groups is 1. The summed E-state index contributed by atoms with van der Waals surface area (Å²) in [5, 5.41) is 18.4. The molecule has 0 bridgehead atoms. The zero-order valence-corrected chi connectivity index (χ0v) is 40.3. The van der Waals surface area contributed by atoms with Crippen LogP contribution in [0.3, 0.4) is 0 Å². The highest BCUT2D eigenvalue weighted by Gasteiger charge is 2.36. The van der Waals surface area contributed by atoms with E-state index in [1.54, 1.807) is 0 Å². The van der Waals surface area contributed by atoms with Gasteiger partial charge in [0.25, 0.3) is 0 Å². The Morgan fingerprint density at radius 3 is 1.71 bits per heavy atom. The quantitative estimate of drug-likeness (QED) is 0.0175. The van der Waals surface area contributed by atoms with Crippen molar-refractivity contribution < 1.29 is 52.5 Å². The van der Waals surface area contributed by atoms with Gasteiger partial charge in [0.1, 0.15) is 12.7 Å². The average molecular weight is 899 g/mol. The Balaban J connectivity index is 2.20. The number of phosphoric acid groups is 1. The summed E-state index contributed by atoms with van der Waals surface area (Å²) in [5.74, 6) is -0.148. The predicted molar refractivity (Wildman–Crippen MR) is 251 cm³/mol. The minimum atomic E-state index is -4.64. The number of rotatable bonds is 45. The molecule has 3 unspecified atom stereocenters. The Morgan fingerprint density at radius 1 is 0.629 bits per heavy atom. The van der Waals surface area contributed by atoms with Crippen LogP contribution in [0.1, 0.15) is 213 Å². The third-order valence-electron chi connectivity index (χ3n) is 11.1. The number of hydrogen-bond acceptors (Lipinski definition) is 10. The standard InChI is InChI=1S/C50H91O11P/c1-4-5-30-36-47-48(61-47)37-32-27-23-19-16-17-20-24-28-33-38-49(53)57-42-46(43-59-62(55,56)58-41-45(52)40-51)60-50(54)39-34-29-25-21-15-13-11-9-7-6-8-10-12-14-18-22-26-31-35-44(2)3/h16,19-20,24,27,32,44-48,51-52H,4-15,17-18,21-23,25-26,28-31,33-43H2,1-3H3,(H,55,56)/b19-16-,24-20-,32-27-/t45-,46+,47?,48?/m0/s1. The molecule has 1 saturated heterocycles. The fourth-order valence-electron chi connectivity index (χ4n) is 7.21. The maximum absolute atomic E-state index is 12.7. The highest BCUT2D eigenvalue weighted by molar-refractivity contribution is 7.47. The molecule has 0 aromatic heterocycles. The average Bonchev–Trinajstić information content (AvgIpc) is 4.00. The molecule has 1 aliphatic rings. The van der Waals surface area contributed by atoms with Crippen molar-refractivity contribution in [1.29, 1.82) is 0 Å². The lowest BCUT2D eigenvalue weighted by Crippen LogP contribution is -2.29. The van der Waals surface area contributed by atoms with E-state index in [0.29, 0.717) is 31.5 Å². The molecule has 5 atom stereocenters. The van der Waals surface area contributed by atoms with Crippen LogP contribution in [0.2, 0.25) is 0 Å². The summed E-state index contributed by atoms with van der Waals surface area (Å²) in [6.45, 7) is 4.67. The third-order valence-corrected chi connectivity index (χ3v) is 12.1. The number of allylic oxidation sites excluding steroid dienone is 5. The van der Waals surface area contributed by atoms with Crippen molar-refractivity contribution in [3.63, 3.8) is 0 Å². The predicted octanol–water partition coefficient (Wildman–Crippen LogP) is 12.7. The molecule has 0 spiro atoms. The lowest BCUT2D eigenvalue weighted by atomic mass is 10.0. The van der Waals surface area contributed by atoms with Gasteiger partial charge in [-0.15, -0.1) is 0 Å². The molecule has 1 heterocycles. The Morgan fingerprint density at radius 2 is 1.15 bits per heavy atom. The van der Waals surface area contributed by atoms with Crippen LogP contribution in [-0.4, -0.2) is 77.9 Å². The van der Waals surface area contributed by atoms with Crippen molar-refractivity contribution >= 4 is 19.8 Å². The minimum absolute atomic E-state index is 0.163. The molecule has 3 N–H and O–H groups in total. The molecular formula is C50H91O11P. The van der Waals surface area contributed by atoms with Crippen LogP contribution in [0.25, 0.3) is 0 Å². The molecule has 0 aliphatic carbocycles. The number of ether oxygens (including phenoxy) is 3. The van der Waals surface area contributed by atoms with Crippen molar-refractivity contribution in [2.24, 2.45) is 5.92 Å². The fraction of sp³-hybridized carbons (Fsp3) is 0.840. The van der Waals surface area contributed by atoms with Crippen molar-refractivity contribution in [3.05, 3.63) is 36.5 Å². The Kier molecular flexibility index (Phi) is 38.1. The Labute approximate surface area is 377 Å².